The predicted molar refractivity (Wildman–Crippen MR) is 63.5 cm³/mol. The molecular weight excluding hydrogens is 291 g/mol. The normalized spacial score (nSPS) is 11.4. The first-order chi connectivity index (χ1) is 9.79. The SMILES string of the molecule is O=C(O)CC(=O)c1nc(-c2ccccc2)oc1C(F)(F)F. The second-order valence-electron chi connectivity index (χ2n) is 4.05. The molecule has 0 atom stereocenters. The van der Waals surface area contributed by atoms with Gasteiger partial charge in [-0.1, -0.05) is 18.2 Å². The van der Waals surface area contributed by atoms with Crippen LogP contribution in [0.4, 0.5) is 13.2 Å². The zero-order valence-electron chi connectivity index (χ0n) is 10.3. The maximum Gasteiger partial charge on any atom is 0.452 e. The summed E-state index contributed by atoms with van der Waals surface area (Å²) in [6.45, 7) is 0. The number of carboxylic acids is 1. The first-order valence-electron chi connectivity index (χ1n) is 5.67. The minimum Gasteiger partial charge on any atom is -0.481 e. The van der Waals surface area contributed by atoms with Crippen molar-refractivity contribution in [3.8, 4) is 11.5 Å². The van der Waals surface area contributed by atoms with Gasteiger partial charge in [0.15, 0.2) is 11.5 Å². The third-order valence-electron chi connectivity index (χ3n) is 2.48. The lowest BCUT2D eigenvalue weighted by Gasteiger charge is -2.02. The largest absolute Gasteiger partial charge is 0.481 e. The molecule has 21 heavy (non-hydrogen) atoms. The van der Waals surface area contributed by atoms with E-state index in [1.54, 1.807) is 18.2 Å². The zero-order valence-corrected chi connectivity index (χ0v) is 10.3. The average molecular weight is 299 g/mol. The zero-order chi connectivity index (χ0) is 15.6. The fourth-order valence-electron chi connectivity index (χ4n) is 1.63. The highest BCUT2D eigenvalue weighted by molar-refractivity contribution is 6.05. The van der Waals surface area contributed by atoms with Gasteiger partial charge in [-0.15, -0.1) is 0 Å². The Bertz CT molecular complexity index is 676. The summed E-state index contributed by atoms with van der Waals surface area (Å²) < 4.78 is 43.1. The maximum atomic E-state index is 12.8. The van der Waals surface area contributed by atoms with Crippen molar-refractivity contribution in [2.24, 2.45) is 0 Å². The smallest absolute Gasteiger partial charge is 0.452 e. The van der Waals surface area contributed by atoms with Crippen LogP contribution < -0.4 is 0 Å². The van der Waals surface area contributed by atoms with E-state index in [0.29, 0.717) is 0 Å². The van der Waals surface area contributed by atoms with E-state index in [-0.39, 0.29) is 5.56 Å². The molecule has 1 N–H and O–H groups in total. The summed E-state index contributed by atoms with van der Waals surface area (Å²) in [5.41, 5.74) is -0.777. The molecule has 5 nitrogen and oxygen atoms in total. The topological polar surface area (TPSA) is 80.4 Å². The molecule has 0 saturated carbocycles. The van der Waals surface area contributed by atoms with Gasteiger partial charge in [0.25, 0.3) is 0 Å². The lowest BCUT2D eigenvalue weighted by Crippen LogP contribution is -2.14. The number of rotatable bonds is 4. The van der Waals surface area contributed by atoms with Crippen molar-refractivity contribution < 1.29 is 32.3 Å². The Balaban J connectivity index is 2.51. The first-order valence-corrected chi connectivity index (χ1v) is 5.67. The second-order valence-corrected chi connectivity index (χ2v) is 4.05. The molecule has 2 aromatic rings. The summed E-state index contributed by atoms with van der Waals surface area (Å²) in [5.74, 6) is -4.79. The van der Waals surface area contributed by atoms with E-state index < -0.39 is 41.7 Å². The van der Waals surface area contributed by atoms with E-state index in [4.69, 9.17) is 5.11 Å². The summed E-state index contributed by atoms with van der Waals surface area (Å²) in [4.78, 5) is 25.5. The van der Waals surface area contributed by atoms with Gasteiger partial charge < -0.3 is 9.52 Å². The minimum atomic E-state index is -4.94. The molecule has 8 heteroatoms. The number of benzene rings is 1. The third-order valence-corrected chi connectivity index (χ3v) is 2.48. The number of Topliss-reactive ketones (excluding diaryl/α,β-unsaturated/α-hetero) is 1. The van der Waals surface area contributed by atoms with E-state index in [9.17, 15) is 22.8 Å². The number of halogens is 3. The van der Waals surface area contributed by atoms with Gasteiger partial charge in [0.05, 0.1) is 0 Å². The van der Waals surface area contributed by atoms with Crippen LogP contribution in [0, 0.1) is 0 Å². The average Bonchev–Trinajstić information content (AvgIpc) is 2.84. The summed E-state index contributed by atoms with van der Waals surface area (Å²) >= 11 is 0. The molecule has 1 heterocycles. The third kappa shape index (κ3) is 3.28. The number of nitrogens with zero attached hydrogens (tertiary/aromatic N) is 1. The van der Waals surface area contributed by atoms with Crippen molar-refractivity contribution in [2.45, 2.75) is 12.6 Å². The Morgan fingerprint density at radius 1 is 1.19 bits per heavy atom. The van der Waals surface area contributed by atoms with Crippen LogP contribution in [-0.4, -0.2) is 21.8 Å². The number of carbonyl (C=O) groups excluding carboxylic acids is 1. The summed E-state index contributed by atoms with van der Waals surface area (Å²) in [7, 11) is 0. The molecular formula is C13H8F3NO4. The van der Waals surface area contributed by atoms with Crippen molar-refractivity contribution in [1.82, 2.24) is 4.98 Å². The highest BCUT2D eigenvalue weighted by Crippen LogP contribution is 2.35. The van der Waals surface area contributed by atoms with Gasteiger partial charge in [0.2, 0.25) is 11.7 Å². The van der Waals surface area contributed by atoms with Crippen molar-refractivity contribution >= 4 is 11.8 Å². The van der Waals surface area contributed by atoms with Gasteiger partial charge in [0, 0.05) is 5.56 Å². The van der Waals surface area contributed by atoms with Crippen molar-refractivity contribution in [1.29, 1.82) is 0 Å². The number of oxazole rings is 1. The number of aliphatic carboxylic acids is 1. The quantitative estimate of drug-likeness (QED) is 0.693. The van der Waals surface area contributed by atoms with Crippen molar-refractivity contribution in [3.05, 3.63) is 41.8 Å². The lowest BCUT2D eigenvalue weighted by molar-refractivity contribution is -0.153. The van der Waals surface area contributed by atoms with E-state index >= 15 is 0 Å². The molecule has 1 aromatic carbocycles. The Morgan fingerprint density at radius 2 is 1.81 bits per heavy atom. The number of alkyl halides is 3. The standard InChI is InChI=1S/C13H8F3NO4/c14-13(15,16)11-10(8(18)6-9(19)20)17-12(21-11)7-4-2-1-3-5-7/h1-5H,6H2,(H,19,20). The van der Waals surface area contributed by atoms with E-state index in [2.05, 4.69) is 9.40 Å². The van der Waals surface area contributed by atoms with Crippen molar-refractivity contribution in [2.75, 3.05) is 0 Å². The number of ketones is 1. The van der Waals surface area contributed by atoms with Crippen LogP contribution in [0.5, 0.6) is 0 Å². The van der Waals surface area contributed by atoms with E-state index in [1.807, 2.05) is 0 Å². The minimum absolute atomic E-state index is 0.248. The van der Waals surface area contributed by atoms with Crippen LogP contribution in [0.25, 0.3) is 11.5 Å². The molecule has 0 aliphatic carbocycles. The molecule has 110 valence electrons. The van der Waals surface area contributed by atoms with Crippen LogP contribution in [0.2, 0.25) is 0 Å². The molecule has 0 radical (unpaired) electrons. The Hall–Kier alpha value is -2.64. The van der Waals surface area contributed by atoms with Gasteiger partial charge in [-0.2, -0.15) is 13.2 Å². The van der Waals surface area contributed by atoms with Gasteiger partial charge >= 0.3 is 12.1 Å². The molecule has 0 saturated heterocycles. The molecule has 2 rings (SSSR count). The van der Waals surface area contributed by atoms with E-state index in [1.165, 1.54) is 12.1 Å². The van der Waals surface area contributed by atoms with Crippen LogP contribution in [-0.2, 0) is 11.0 Å². The Labute approximate surface area is 116 Å². The fraction of sp³-hybridized carbons (Fsp3) is 0.154. The molecule has 0 unspecified atom stereocenters. The first kappa shape index (κ1) is 14.8. The molecule has 0 amide bonds. The number of hydrogen-bond acceptors (Lipinski definition) is 4. The van der Waals surface area contributed by atoms with Gasteiger partial charge in [-0.05, 0) is 12.1 Å². The highest BCUT2D eigenvalue weighted by Gasteiger charge is 2.42. The van der Waals surface area contributed by atoms with Gasteiger partial charge in [-0.25, -0.2) is 4.98 Å². The highest BCUT2D eigenvalue weighted by atomic mass is 19.4. The second kappa shape index (κ2) is 5.39. The Morgan fingerprint density at radius 3 is 2.33 bits per heavy atom. The van der Waals surface area contributed by atoms with Crippen LogP contribution in [0.1, 0.15) is 22.7 Å². The maximum absolute atomic E-state index is 12.8. The summed E-state index contributed by atoms with van der Waals surface area (Å²) in [5, 5.41) is 8.50. The molecule has 0 aliphatic heterocycles. The number of hydrogen-bond donors (Lipinski definition) is 1. The summed E-state index contributed by atoms with van der Waals surface area (Å²) in [6.07, 6.45) is -6.03. The summed E-state index contributed by atoms with van der Waals surface area (Å²) in [6, 6.07) is 7.68. The van der Waals surface area contributed by atoms with Gasteiger partial charge in [-0.3, -0.25) is 9.59 Å². The lowest BCUT2D eigenvalue weighted by atomic mass is 10.2. The Kier molecular flexibility index (Phi) is 3.79. The monoisotopic (exact) mass is 299 g/mol. The fourth-order valence-corrected chi connectivity index (χ4v) is 1.63. The number of carbonyl (C=O) groups is 2. The molecule has 0 aliphatic rings. The van der Waals surface area contributed by atoms with Gasteiger partial charge in [0.1, 0.15) is 6.42 Å². The molecule has 0 spiro atoms. The number of aromatic nitrogens is 1. The number of carboxylic acid groups (broad SMARTS) is 1. The predicted octanol–water partition coefficient (Wildman–Crippen LogP) is 3.02. The van der Waals surface area contributed by atoms with Crippen LogP contribution in [0.3, 0.4) is 0 Å². The van der Waals surface area contributed by atoms with Crippen LogP contribution >= 0.6 is 0 Å². The van der Waals surface area contributed by atoms with Crippen molar-refractivity contribution in [3.63, 3.8) is 0 Å². The van der Waals surface area contributed by atoms with Crippen LogP contribution in [0.15, 0.2) is 34.7 Å². The molecule has 0 bridgehead atoms. The van der Waals surface area contributed by atoms with E-state index in [0.717, 1.165) is 0 Å². The molecule has 1 aromatic heterocycles. The molecule has 0 fully saturated rings.